The van der Waals surface area contributed by atoms with Crippen molar-refractivity contribution in [2.45, 2.75) is 77.4 Å². The number of fused-ring (bicyclic) bond motifs is 1. The Kier molecular flexibility index (Phi) is 10.8. The Bertz CT molecular complexity index is 1390. The average molecular weight is 604 g/mol. The molecule has 1 aromatic heterocycles. The number of hydrogen-bond donors (Lipinski definition) is 3. The van der Waals surface area contributed by atoms with Crippen molar-refractivity contribution in [3.63, 3.8) is 0 Å². The molecule has 3 aromatic rings. The van der Waals surface area contributed by atoms with Crippen molar-refractivity contribution in [3.8, 4) is 11.5 Å². The highest BCUT2D eigenvalue weighted by Gasteiger charge is 2.36. The van der Waals surface area contributed by atoms with E-state index in [2.05, 4.69) is 25.4 Å². The summed E-state index contributed by atoms with van der Waals surface area (Å²) in [6.07, 6.45) is 8.91. The first kappa shape index (κ1) is 31.9. The summed E-state index contributed by atoms with van der Waals surface area (Å²) in [5.74, 6) is 0.971. The Hall–Kier alpha value is -3.56. The molecule has 1 atom stereocenters. The van der Waals surface area contributed by atoms with Crippen molar-refractivity contribution in [1.29, 1.82) is 0 Å². The average Bonchev–Trinajstić information content (AvgIpc) is 3.44. The van der Waals surface area contributed by atoms with Gasteiger partial charge in [-0.1, -0.05) is 43.5 Å². The van der Waals surface area contributed by atoms with Crippen molar-refractivity contribution in [1.82, 2.24) is 25.4 Å². The Morgan fingerprint density at radius 1 is 0.955 bits per heavy atom. The summed E-state index contributed by atoms with van der Waals surface area (Å²) in [5.41, 5.74) is 1.73. The predicted octanol–water partition coefficient (Wildman–Crippen LogP) is 4.65. The first-order valence-corrected chi connectivity index (χ1v) is 16.4. The van der Waals surface area contributed by atoms with Crippen molar-refractivity contribution in [2.24, 2.45) is 0 Å². The quantitative estimate of drug-likeness (QED) is 0.263. The third kappa shape index (κ3) is 7.93. The smallest absolute Gasteiger partial charge is 0.246 e. The van der Waals surface area contributed by atoms with Gasteiger partial charge in [0.25, 0.3) is 0 Å². The van der Waals surface area contributed by atoms with Gasteiger partial charge < -0.3 is 25.1 Å². The van der Waals surface area contributed by atoms with E-state index in [4.69, 9.17) is 9.47 Å². The maximum absolute atomic E-state index is 13.9. The van der Waals surface area contributed by atoms with Gasteiger partial charge >= 0.3 is 0 Å². The zero-order valence-electron chi connectivity index (χ0n) is 26.6. The van der Waals surface area contributed by atoms with Crippen LogP contribution in [-0.4, -0.2) is 84.1 Å². The molecule has 0 radical (unpaired) electrons. The molecule has 9 nitrogen and oxygen atoms in total. The van der Waals surface area contributed by atoms with Crippen LogP contribution in [0.25, 0.3) is 10.9 Å². The number of piperazine rings is 1. The number of amides is 2. The number of para-hydroxylation sites is 1. The fourth-order valence-corrected chi connectivity index (χ4v) is 6.71. The molecule has 44 heavy (non-hydrogen) atoms. The van der Waals surface area contributed by atoms with Crippen LogP contribution in [0, 0.1) is 0 Å². The molecule has 1 aliphatic carbocycles. The lowest BCUT2D eigenvalue weighted by Gasteiger charge is -2.40. The molecule has 2 amide bonds. The third-order valence-corrected chi connectivity index (χ3v) is 9.06. The van der Waals surface area contributed by atoms with Gasteiger partial charge in [-0.3, -0.25) is 19.4 Å². The zero-order chi connectivity index (χ0) is 30.9. The lowest BCUT2D eigenvalue weighted by molar-refractivity contribution is -0.133. The topological polar surface area (TPSA) is 98.9 Å². The Morgan fingerprint density at radius 2 is 1.68 bits per heavy atom. The second-order valence-electron chi connectivity index (χ2n) is 12.4. The highest BCUT2D eigenvalue weighted by molar-refractivity contribution is 5.93. The Labute approximate surface area is 261 Å². The number of H-pyrrole nitrogens is 1. The second-order valence-corrected chi connectivity index (χ2v) is 12.4. The zero-order valence-corrected chi connectivity index (χ0v) is 26.6. The second kappa shape index (κ2) is 14.9. The maximum atomic E-state index is 13.9. The summed E-state index contributed by atoms with van der Waals surface area (Å²) in [6.45, 7) is 11.1. The normalized spacial score (nSPS) is 18.1. The summed E-state index contributed by atoms with van der Waals surface area (Å²) < 4.78 is 11.5. The lowest BCUT2D eigenvalue weighted by atomic mass is 9.91. The summed E-state index contributed by atoms with van der Waals surface area (Å²) in [5, 5.41) is 7.29. The van der Waals surface area contributed by atoms with Crippen LogP contribution in [0.1, 0.15) is 64.0 Å². The molecule has 1 unspecified atom stereocenters. The van der Waals surface area contributed by atoms with Crippen LogP contribution in [0.4, 0.5) is 0 Å². The van der Waals surface area contributed by atoms with E-state index in [1.807, 2.05) is 69.4 Å². The monoisotopic (exact) mass is 603 g/mol. The van der Waals surface area contributed by atoms with Crippen LogP contribution in [0.3, 0.4) is 0 Å². The third-order valence-electron chi connectivity index (χ3n) is 9.06. The number of aromatic nitrogens is 1. The van der Waals surface area contributed by atoms with Crippen LogP contribution < -0.4 is 20.1 Å². The van der Waals surface area contributed by atoms with E-state index in [-0.39, 0.29) is 18.4 Å². The number of carbonyl (C=O) groups excluding carboxylic acids is 2. The van der Waals surface area contributed by atoms with Crippen LogP contribution >= 0.6 is 0 Å². The standard InChI is InChI=1S/C35H49N5O4/c1-4-43-31-16-15-26(21-32(31)44-5-2)23-37-34(42)35(3,22-27-24-36-30-14-10-9-13-29(27)30)38-33(41)25-39-17-19-40(20-18-39)28-11-7-6-8-12-28/h9-10,13-16,21,24,28,36H,4-8,11-12,17-20,22-23,25H2,1-3H3,(H,37,42)(H,38,41). The largest absolute Gasteiger partial charge is 0.490 e. The fraction of sp³-hybridized carbons (Fsp3) is 0.543. The van der Waals surface area contributed by atoms with Gasteiger partial charge in [-0.05, 0) is 62.9 Å². The van der Waals surface area contributed by atoms with E-state index in [1.54, 1.807) is 0 Å². The van der Waals surface area contributed by atoms with E-state index in [0.717, 1.165) is 48.2 Å². The molecule has 9 heteroatoms. The molecule has 1 aliphatic heterocycles. The number of hydrogen-bond acceptors (Lipinski definition) is 6. The minimum atomic E-state index is -1.15. The number of aromatic amines is 1. The molecule has 2 aromatic carbocycles. The molecule has 2 aliphatic rings. The van der Waals surface area contributed by atoms with Gasteiger partial charge in [0.05, 0.1) is 19.8 Å². The minimum absolute atomic E-state index is 0.131. The first-order chi connectivity index (χ1) is 21.4. The molecule has 1 saturated heterocycles. The van der Waals surface area contributed by atoms with Gasteiger partial charge in [0, 0.05) is 62.3 Å². The van der Waals surface area contributed by atoms with E-state index in [9.17, 15) is 9.59 Å². The summed E-state index contributed by atoms with van der Waals surface area (Å²) in [6, 6.07) is 14.4. The van der Waals surface area contributed by atoms with Crippen LogP contribution in [0.15, 0.2) is 48.7 Å². The molecule has 0 spiro atoms. The number of rotatable bonds is 13. The van der Waals surface area contributed by atoms with Crippen LogP contribution in [0.5, 0.6) is 11.5 Å². The number of benzene rings is 2. The minimum Gasteiger partial charge on any atom is -0.490 e. The van der Waals surface area contributed by atoms with E-state index >= 15 is 0 Å². The lowest BCUT2D eigenvalue weighted by Crippen LogP contribution is -2.60. The Morgan fingerprint density at radius 3 is 2.43 bits per heavy atom. The molecule has 3 N–H and O–H groups in total. The number of nitrogens with zero attached hydrogens (tertiary/aromatic N) is 2. The van der Waals surface area contributed by atoms with Crippen LogP contribution in [0.2, 0.25) is 0 Å². The summed E-state index contributed by atoms with van der Waals surface area (Å²) in [4.78, 5) is 35.6. The van der Waals surface area contributed by atoms with Crippen molar-refractivity contribution in [3.05, 3.63) is 59.8 Å². The molecular weight excluding hydrogens is 554 g/mol. The molecule has 0 bridgehead atoms. The number of carbonyl (C=O) groups is 2. The van der Waals surface area contributed by atoms with Crippen molar-refractivity contribution >= 4 is 22.7 Å². The molecule has 2 fully saturated rings. The van der Waals surface area contributed by atoms with E-state index in [0.29, 0.717) is 43.7 Å². The summed E-state index contributed by atoms with van der Waals surface area (Å²) in [7, 11) is 0. The van der Waals surface area contributed by atoms with Crippen molar-refractivity contribution in [2.75, 3.05) is 45.9 Å². The van der Waals surface area contributed by atoms with Gasteiger partial charge in [-0.25, -0.2) is 0 Å². The SMILES string of the molecule is CCOc1ccc(CNC(=O)C(C)(Cc2c[nH]c3ccccc23)NC(=O)CN2CCN(C3CCCCC3)CC2)cc1OCC. The highest BCUT2D eigenvalue weighted by atomic mass is 16.5. The first-order valence-electron chi connectivity index (χ1n) is 16.4. The molecule has 238 valence electrons. The number of ether oxygens (including phenoxy) is 2. The molecule has 5 rings (SSSR count). The van der Waals surface area contributed by atoms with Gasteiger partial charge in [0.1, 0.15) is 5.54 Å². The van der Waals surface area contributed by atoms with Crippen LogP contribution in [-0.2, 0) is 22.6 Å². The maximum Gasteiger partial charge on any atom is 0.246 e. The van der Waals surface area contributed by atoms with Gasteiger partial charge in [0.15, 0.2) is 11.5 Å². The predicted molar refractivity (Wildman–Crippen MR) is 174 cm³/mol. The van der Waals surface area contributed by atoms with E-state index in [1.165, 1.54) is 32.1 Å². The molecular formula is C35H49N5O4. The fourth-order valence-electron chi connectivity index (χ4n) is 6.71. The van der Waals surface area contributed by atoms with Crippen molar-refractivity contribution < 1.29 is 19.1 Å². The van der Waals surface area contributed by atoms with E-state index < -0.39 is 5.54 Å². The summed E-state index contributed by atoms with van der Waals surface area (Å²) >= 11 is 0. The van der Waals surface area contributed by atoms with Gasteiger partial charge in [-0.15, -0.1) is 0 Å². The Balaban J connectivity index is 1.26. The highest BCUT2D eigenvalue weighted by Crippen LogP contribution is 2.29. The van der Waals surface area contributed by atoms with Gasteiger partial charge in [-0.2, -0.15) is 0 Å². The van der Waals surface area contributed by atoms with Gasteiger partial charge in [0.2, 0.25) is 11.8 Å². The molecule has 1 saturated carbocycles. The molecule has 2 heterocycles. The number of nitrogens with one attached hydrogen (secondary N) is 3.